The van der Waals surface area contributed by atoms with Crippen molar-refractivity contribution in [2.45, 2.75) is 39.0 Å². The summed E-state index contributed by atoms with van der Waals surface area (Å²) in [5.41, 5.74) is 4.94. The lowest BCUT2D eigenvalue weighted by atomic mass is 10.0. The first-order valence-corrected chi connectivity index (χ1v) is 10.0. The van der Waals surface area contributed by atoms with E-state index >= 15 is 0 Å². The van der Waals surface area contributed by atoms with E-state index < -0.39 is 0 Å². The van der Waals surface area contributed by atoms with Gasteiger partial charge < -0.3 is 4.74 Å². The van der Waals surface area contributed by atoms with Crippen LogP contribution in [0, 0.1) is 19.8 Å². The van der Waals surface area contributed by atoms with E-state index in [1.54, 1.807) is 13.1 Å². The lowest BCUT2D eigenvalue weighted by molar-refractivity contribution is 0.277. The summed E-state index contributed by atoms with van der Waals surface area (Å²) >= 11 is 0. The molecule has 1 aliphatic carbocycles. The van der Waals surface area contributed by atoms with Gasteiger partial charge in [-0.3, -0.25) is 14.5 Å². The topological polar surface area (TPSA) is 74.8 Å². The van der Waals surface area contributed by atoms with E-state index in [-0.39, 0.29) is 5.56 Å². The number of ether oxygens (including phenoxy) is 1. The quantitative estimate of drug-likeness (QED) is 0.617. The molecule has 4 rings (SSSR count). The smallest absolute Gasteiger partial charge is 0.269 e. The minimum atomic E-state index is -0.0761. The van der Waals surface area contributed by atoms with Crippen LogP contribution < -0.4 is 10.3 Å². The molecular weight excluding hydrogens is 366 g/mol. The van der Waals surface area contributed by atoms with Gasteiger partial charge in [-0.2, -0.15) is 5.10 Å². The molecule has 0 spiro atoms. The molecule has 7 heteroatoms. The van der Waals surface area contributed by atoms with Crippen LogP contribution in [0.25, 0.3) is 0 Å². The summed E-state index contributed by atoms with van der Waals surface area (Å²) in [6.07, 6.45) is 4.45. The van der Waals surface area contributed by atoms with Gasteiger partial charge in [0.25, 0.3) is 5.56 Å². The average Bonchev–Trinajstić information content (AvgIpc) is 3.33. The Morgan fingerprint density at radius 3 is 2.62 bits per heavy atom. The van der Waals surface area contributed by atoms with Gasteiger partial charge in [-0.05, 0) is 50.8 Å². The second-order valence-electron chi connectivity index (χ2n) is 7.96. The molecule has 0 radical (unpaired) electrons. The van der Waals surface area contributed by atoms with Crippen molar-refractivity contribution in [3.05, 3.63) is 69.0 Å². The van der Waals surface area contributed by atoms with Crippen molar-refractivity contribution in [3.8, 4) is 5.88 Å². The number of nitrogens with zero attached hydrogens (tertiary/aromatic N) is 5. The van der Waals surface area contributed by atoms with Gasteiger partial charge in [0, 0.05) is 55.1 Å². The SMILES string of the molecule is Cc1ccc(CCc2cc(OC[C@H]3C[C@@H]3c3ccn(C)n3)nn(C)c2=O)c(C)n1. The summed E-state index contributed by atoms with van der Waals surface area (Å²) < 4.78 is 9.14. The maximum Gasteiger partial charge on any atom is 0.269 e. The van der Waals surface area contributed by atoms with E-state index in [1.807, 2.05) is 37.8 Å². The van der Waals surface area contributed by atoms with E-state index in [2.05, 4.69) is 27.3 Å². The highest BCUT2D eigenvalue weighted by Gasteiger charge is 2.40. The molecule has 1 aliphatic rings. The summed E-state index contributed by atoms with van der Waals surface area (Å²) in [6.45, 7) is 4.58. The molecule has 3 aromatic rings. The van der Waals surface area contributed by atoms with Gasteiger partial charge in [0.05, 0.1) is 12.3 Å². The zero-order chi connectivity index (χ0) is 20.5. The van der Waals surface area contributed by atoms with Crippen molar-refractivity contribution >= 4 is 0 Å². The van der Waals surface area contributed by atoms with Crippen LogP contribution in [-0.2, 0) is 26.9 Å². The summed E-state index contributed by atoms with van der Waals surface area (Å²) in [6, 6.07) is 7.95. The number of aryl methyl sites for hydroxylation is 6. The molecule has 0 N–H and O–H groups in total. The van der Waals surface area contributed by atoms with Crippen LogP contribution in [0.1, 0.15) is 40.5 Å². The predicted molar refractivity (Wildman–Crippen MR) is 110 cm³/mol. The summed E-state index contributed by atoms with van der Waals surface area (Å²) in [7, 11) is 3.60. The van der Waals surface area contributed by atoms with Gasteiger partial charge in [-0.25, -0.2) is 4.68 Å². The van der Waals surface area contributed by atoms with Crippen LogP contribution in [0.15, 0.2) is 35.3 Å². The normalized spacial score (nSPS) is 18.1. The van der Waals surface area contributed by atoms with Crippen molar-refractivity contribution in [1.82, 2.24) is 24.5 Å². The Kier molecular flexibility index (Phi) is 5.22. The first-order chi connectivity index (χ1) is 13.9. The third kappa shape index (κ3) is 4.39. The van der Waals surface area contributed by atoms with Gasteiger partial charge in [-0.15, -0.1) is 5.10 Å². The molecule has 0 amide bonds. The molecule has 29 heavy (non-hydrogen) atoms. The number of hydrogen-bond donors (Lipinski definition) is 0. The van der Waals surface area contributed by atoms with Gasteiger partial charge in [0.2, 0.25) is 5.88 Å². The fourth-order valence-electron chi connectivity index (χ4n) is 3.76. The molecule has 0 bridgehead atoms. The minimum Gasteiger partial charge on any atom is -0.476 e. The molecule has 0 aliphatic heterocycles. The second kappa shape index (κ2) is 7.81. The zero-order valence-corrected chi connectivity index (χ0v) is 17.4. The zero-order valence-electron chi connectivity index (χ0n) is 17.4. The van der Waals surface area contributed by atoms with Gasteiger partial charge in [-0.1, -0.05) is 6.07 Å². The maximum absolute atomic E-state index is 12.5. The van der Waals surface area contributed by atoms with Crippen LogP contribution in [0.2, 0.25) is 0 Å². The maximum atomic E-state index is 12.5. The first-order valence-electron chi connectivity index (χ1n) is 10.0. The Morgan fingerprint density at radius 1 is 1.10 bits per heavy atom. The largest absolute Gasteiger partial charge is 0.476 e. The molecule has 1 saturated carbocycles. The van der Waals surface area contributed by atoms with E-state index in [1.165, 1.54) is 4.68 Å². The summed E-state index contributed by atoms with van der Waals surface area (Å²) in [5, 5.41) is 8.75. The van der Waals surface area contributed by atoms with Gasteiger partial charge in [0.1, 0.15) is 0 Å². The van der Waals surface area contributed by atoms with Crippen molar-refractivity contribution in [2.24, 2.45) is 20.0 Å². The van der Waals surface area contributed by atoms with Crippen molar-refractivity contribution < 1.29 is 4.74 Å². The van der Waals surface area contributed by atoms with Gasteiger partial charge >= 0.3 is 0 Å². The monoisotopic (exact) mass is 393 g/mol. The van der Waals surface area contributed by atoms with Crippen LogP contribution in [0.4, 0.5) is 0 Å². The van der Waals surface area contributed by atoms with Crippen LogP contribution in [-0.4, -0.2) is 31.2 Å². The molecule has 7 nitrogen and oxygen atoms in total. The van der Waals surface area contributed by atoms with E-state index in [4.69, 9.17) is 4.74 Å². The van der Waals surface area contributed by atoms with Crippen LogP contribution in [0.3, 0.4) is 0 Å². The van der Waals surface area contributed by atoms with E-state index in [0.29, 0.717) is 30.7 Å². The standard InChI is InChI=1S/C22H27N5O2/c1-14-5-6-16(15(2)23-14)7-8-17-12-21(25-27(4)22(17)28)29-13-18-11-19(18)20-9-10-26(3)24-20/h5-6,9-10,12,18-19H,7-8,11,13H2,1-4H3/t18-,19+/m1/s1. The molecule has 3 aromatic heterocycles. The highest BCUT2D eigenvalue weighted by molar-refractivity contribution is 5.25. The number of pyridine rings is 1. The molecule has 2 atom stereocenters. The Bertz CT molecular complexity index is 1090. The Morgan fingerprint density at radius 2 is 1.90 bits per heavy atom. The lowest BCUT2D eigenvalue weighted by Gasteiger charge is -2.10. The molecular formula is C22H27N5O2. The molecule has 0 unspecified atom stereocenters. The molecule has 0 aromatic carbocycles. The molecule has 152 valence electrons. The van der Waals surface area contributed by atoms with Crippen LogP contribution in [0.5, 0.6) is 5.88 Å². The second-order valence-corrected chi connectivity index (χ2v) is 7.96. The lowest BCUT2D eigenvalue weighted by Crippen LogP contribution is -2.24. The van der Waals surface area contributed by atoms with Crippen LogP contribution >= 0.6 is 0 Å². The van der Waals surface area contributed by atoms with E-state index in [0.717, 1.165) is 41.1 Å². The molecule has 1 fully saturated rings. The Labute approximate surface area is 170 Å². The summed E-state index contributed by atoms with van der Waals surface area (Å²) in [5.74, 6) is 1.42. The van der Waals surface area contributed by atoms with Gasteiger partial charge in [0.15, 0.2) is 0 Å². The number of aromatic nitrogens is 5. The molecule has 3 heterocycles. The predicted octanol–water partition coefficient (Wildman–Crippen LogP) is 2.49. The third-order valence-electron chi connectivity index (χ3n) is 5.60. The van der Waals surface area contributed by atoms with E-state index in [9.17, 15) is 4.79 Å². The van der Waals surface area contributed by atoms with Crippen molar-refractivity contribution in [1.29, 1.82) is 0 Å². The number of hydrogen-bond acceptors (Lipinski definition) is 5. The minimum absolute atomic E-state index is 0.0761. The highest BCUT2D eigenvalue weighted by atomic mass is 16.5. The third-order valence-corrected chi connectivity index (χ3v) is 5.60. The van der Waals surface area contributed by atoms with Crippen molar-refractivity contribution in [2.75, 3.05) is 6.61 Å². The van der Waals surface area contributed by atoms with Crippen molar-refractivity contribution in [3.63, 3.8) is 0 Å². The Hall–Kier alpha value is -2.96. The summed E-state index contributed by atoms with van der Waals surface area (Å²) in [4.78, 5) is 17.0. The average molecular weight is 393 g/mol. The Balaban J connectivity index is 1.40. The highest BCUT2D eigenvalue weighted by Crippen LogP contribution is 2.46. The fraction of sp³-hybridized carbons (Fsp3) is 0.455. The molecule has 0 saturated heterocycles. The number of rotatable bonds is 7. The fourth-order valence-corrected chi connectivity index (χ4v) is 3.76. The first kappa shape index (κ1) is 19.4.